The minimum absolute atomic E-state index is 0.0753. The summed E-state index contributed by atoms with van der Waals surface area (Å²) in [6, 6.07) is 3.05. The maximum Gasteiger partial charge on any atom is 0.418 e. The predicted octanol–water partition coefficient (Wildman–Crippen LogP) is 2.67. The summed E-state index contributed by atoms with van der Waals surface area (Å²) in [5.74, 6) is 0. The van der Waals surface area contributed by atoms with Crippen LogP contribution in [-0.2, 0) is 6.18 Å². The second kappa shape index (κ2) is 4.02. The number of alkyl halides is 3. The van der Waals surface area contributed by atoms with Gasteiger partial charge in [0.2, 0.25) is 0 Å². The molecule has 0 unspecified atom stereocenters. The minimum Gasteiger partial charge on any atom is -0.261 e. The molecule has 0 spiro atoms. The van der Waals surface area contributed by atoms with E-state index in [1.165, 1.54) is 6.07 Å². The molecule has 1 aliphatic rings. The molecule has 6 heteroatoms. The molecule has 0 amide bonds. The first kappa shape index (κ1) is 13.5. The zero-order valence-electron chi connectivity index (χ0n) is 11.8. The van der Waals surface area contributed by atoms with Gasteiger partial charge < -0.3 is 0 Å². The highest BCUT2D eigenvalue weighted by atomic mass is 19.4. The third kappa shape index (κ3) is 2.11. The second-order valence-corrected chi connectivity index (χ2v) is 6.56. The Balaban J connectivity index is 2.16. The molecule has 0 aliphatic heterocycles. The van der Waals surface area contributed by atoms with Gasteiger partial charge in [-0.1, -0.05) is 31.4 Å². The van der Waals surface area contributed by atoms with Gasteiger partial charge >= 0.3 is 6.18 Å². The van der Waals surface area contributed by atoms with Crippen molar-refractivity contribution in [2.75, 3.05) is 0 Å². The molecule has 20 heavy (non-hydrogen) atoms. The van der Waals surface area contributed by atoms with E-state index in [1.54, 1.807) is 24.8 Å². The number of rotatable bonds is 1. The molecule has 1 heterocycles. The van der Waals surface area contributed by atoms with Crippen LogP contribution in [0.25, 0.3) is 10.9 Å². The molecule has 2 nitrogen and oxygen atoms in total. The summed E-state index contributed by atoms with van der Waals surface area (Å²) >= 11 is 0. The van der Waals surface area contributed by atoms with E-state index in [1.807, 2.05) is 0 Å². The summed E-state index contributed by atoms with van der Waals surface area (Å²) in [7, 11) is 1.68. The number of fused-ring (bicyclic) bond motifs is 1. The molecular weight excluding hydrogens is 264 g/mol. The van der Waals surface area contributed by atoms with E-state index in [2.05, 4.69) is 18.9 Å². The Morgan fingerprint density at radius 2 is 1.95 bits per heavy atom. The fourth-order valence-corrected chi connectivity index (χ4v) is 3.22. The number of benzene rings is 1. The molecule has 1 aromatic heterocycles. The van der Waals surface area contributed by atoms with Crippen molar-refractivity contribution in [3.8, 4) is 0 Å². The number of nitrogens with zero attached hydrogens (tertiary/aromatic N) is 2. The highest BCUT2D eigenvalue weighted by molar-refractivity contribution is 6.33. The van der Waals surface area contributed by atoms with Crippen molar-refractivity contribution in [1.29, 1.82) is 0 Å². The standard InChI is InChI=1S/C14H16BF3N2/c1-13(2)5-10(6-13)20-12-8(7-19-20)3-9(15)4-11(12)14(16,17)18/h3-4,7,10H,5-6,15H2,1-2H3. The molecule has 0 N–H and O–H groups in total. The zero-order valence-corrected chi connectivity index (χ0v) is 11.8. The van der Waals surface area contributed by atoms with Gasteiger partial charge in [-0.15, -0.1) is 0 Å². The van der Waals surface area contributed by atoms with Crippen molar-refractivity contribution in [3.05, 3.63) is 23.9 Å². The van der Waals surface area contributed by atoms with Crippen LogP contribution < -0.4 is 5.46 Å². The lowest BCUT2D eigenvalue weighted by atomic mass is 9.68. The summed E-state index contributed by atoms with van der Waals surface area (Å²) in [5.41, 5.74) is 0.461. The molecule has 2 aromatic rings. The summed E-state index contributed by atoms with van der Waals surface area (Å²) in [6.45, 7) is 4.26. The fraction of sp³-hybridized carbons (Fsp3) is 0.500. The Kier molecular flexibility index (Phi) is 2.72. The molecule has 1 aliphatic carbocycles. The normalized spacial score (nSPS) is 19.2. The molecule has 0 bridgehead atoms. The van der Waals surface area contributed by atoms with Crippen LogP contribution in [0.15, 0.2) is 18.3 Å². The van der Waals surface area contributed by atoms with E-state index in [0.717, 1.165) is 12.8 Å². The molecule has 1 saturated carbocycles. The molecule has 106 valence electrons. The van der Waals surface area contributed by atoms with E-state index >= 15 is 0 Å². The number of halogens is 3. The molecule has 1 fully saturated rings. The zero-order chi connectivity index (χ0) is 14.7. The van der Waals surface area contributed by atoms with Gasteiger partial charge in [-0.3, -0.25) is 4.68 Å². The van der Waals surface area contributed by atoms with Gasteiger partial charge in [0, 0.05) is 5.39 Å². The monoisotopic (exact) mass is 280 g/mol. The van der Waals surface area contributed by atoms with Gasteiger partial charge in [-0.2, -0.15) is 18.3 Å². The Bertz CT molecular complexity index is 665. The SMILES string of the molecule is Bc1cc(C(F)(F)F)c2c(cnn2C2CC(C)(C)C2)c1. The first-order chi connectivity index (χ1) is 9.17. The number of aromatic nitrogens is 2. The smallest absolute Gasteiger partial charge is 0.261 e. The van der Waals surface area contributed by atoms with Gasteiger partial charge in [0.1, 0.15) is 7.85 Å². The highest BCUT2D eigenvalue weighted by Gasteiger charge is 2.40. The van der Waals surface area contributed by atoms with E-state index in [-0.39, 0.29) is 17.0 Å². The molecule has 0 radical (unpaired) electrons. The van der Waals surface area contributed by atoms with Crippen LogP contribution in [0.2, 0.25) is 0 Å². The fourth-order valence-electron chi connectivity index (χ4n) is 3.22. The maximum atomic E-state index is 13.3. The summed E-state index contributed by atoms with van der Waals surface area (Å²) < 4.78 is 41.3. The molecule has 1 aromatic carbocycles. The van der Waals surface area contributed by atoms with Gasteiger partial charge in [-0.05, 0) is 18.3 Å². The van der Waals surface area contributed by atoms with Crippen LogP contribution in [0.5, 0.6) is 0 Å². The van der Waals surface area contributed by atoms with Gasteiger partial charge in [0.15, 0.2) is 0 Å². The van der Waals surface area contributed by atoms with Crippen LogP contribution in [0.3, 0.4) is 0 Å². The van der Waals surface area contributed by atoms with Crippen molar-refractivity contribution in [2.45, 2.75) is 38.9 Å². The Labute approximate surface area is 116 Å². The largest absolute Gasteiger partial charge is 0.418 e. The Morgan fingerprint density at radius 1 is 1.30 bits per heavy atom. The van der Waals surface area contributed by atoms with Gasteiger partial charge in [0.25, 0.3) is 0 Å². The van der Waals surface area contributed by atoms with Crippen LogP contribution in [0, 0.1) is 5.41 Å². The number of hydrogen-bond acceptors (Lipinski definition) is 1. The summed E-state index contributed by atoms with van der Waals surface area (Å²) in [5, 5.41) is 4.79. The van der Waals surface area contributed by atoms with Crippen LogP contribution in [0.4, 0.5) is 13.2 Å². The Morgan fingerprint density at radius 3 is 2.50 bits per heavy atom. The first-order valence-electron chi connectivity index (χ1n) is 6.72. The van der Waals surface area contributed by atoms with Crippen LogP contribution in [0.1, 0.15) is 38.3 Å². The van der Waals surface area contributed by atoms with Crippen LogP contribution in [-0.4, -0.2) is 17.6 Å². The van der Waals surface area contributed by atoms with Crippen molar-refractivity contribution < 1.29 is 13.2 Å². The van der Waals surface area contributed by atoms with Crippen molar-refractivity contribution >= 4 is 24.2 Å². The average Bonchev–Trinajstić information content (AvgIpc) is 2.66. The molecule has 0 atom stereocenters. The maximum absolute atomic E-state index is 13.3. The minimum atomic E-state index is -4.35. The third-order valence-electron chi connectivity index (χ3n) is 4.06. The first-order valence-corrected chi connectivity index (χ1v) is 6.72. The van der Waals surface area contributed by atoms with Crippen molar-refractivity contribution in [3.63, 3.8) is 0 Å². The third-order valence-corrected chi connectivity index (χ3v) is 4.06. The lowest BCUT2D eigenvalue weighted by molar-refractivity contribution is -0.136. The van der Waals surface area contributed by atoms with Gasteiger partial charge in [-0.25, -0.2) is 0 Å². The van der Waals surface area contributed by atoms with Gasteiger partial charge in [0.05, 0.1) is 23.3 Å². The highest BCUT2D eigenvalue weighted by Crippen LogP contribution is 2.49. The Hall–Kier alpha value is -1.46. The quantitative estimate of drug-likeness (QED) is 0.734. The second-order valence-electron chi connectivity index (χ2n) is 6.56. The number of hydrogen-bond donors (Lipinski definition) is 0. The topological polar surface area (TPSA) is 17.8 Å². The lowest BCUT2D eigenvalue weighted by Crippen LogP contribution is -2.34. The summed E-state index contributed by atoms with van der Waals surface area (Å²) in [6.07, 6.45) is -1.06. The predicted molar refractivity (Wildman–Crippen MR) is 75.0 cm³/mol. The van der Waals surface area contributed by atoms with Crippen LogP contribution >= 0.6 is 0 Å². The molecule has 0 saturated heterocycles. The molecule has 3 rings (SSSR count). The van der Waals surface area contributed by atoms with Crippen molar-refractivity contribution in [2.24, 2.45) is 5.41 Å². The lowest BCUT2D eigenvalue weighted by Gasteiger charge is -2.42. The van der Waals surface area contributed by atoms with E-state index in [9.17, 15) is 13.2 Å². The van der Waals surface area contributed by atoms with Crippen molar-refractivity contribution in [1.82, 2.24) is 9.78 Å². The van der Waals surface area contributed by atoms with E-state index in [0.29, 0.717) is 10.8 Å². The average molecular weight is 280 g/mol. The van der Waals surface area contributed by atoms with E-state index < -0.39 is 11.7 Å². The summed E-state index contributed by atoms with van der Waals surface area (Å²) in [4.78, 5) is 0. The molecular formula is C14H16BF3N2. The van der Waals surface area contributed by atoms with E-state index in [4.69, 9.17) is 0 Å².